The maximum Gasteiger partial charge on any atom is 0.310 e. The van der Waals surface area contributed by atoms with Gasteiger partial charge in [-0.15, -0.1) is 0 Å². The maximum atomic E-state index is 12.2. The van der Waals surface area contributed by atoms with Gasteiger partial charge >= 0.3 is 5.97 Å². The van der Waals surface area contributed by atoms with Gasteiger partial charge in [-0.3, -0.25) is 4.79 Å². The van der Waals surface area contributed by atoms with E-state index < -0.39 is 0 Å². The number of benzene rings is 2. The Morgan fingerprint density at radius 3 is 2.52 bits per heavy atom. The lowest BCUT2D eigenvalue weighted by molar-refractivity contribution is -0.144. The summed E-state index contributed by atoms with van der Waals surface area (Å²) in [6.45, 7) is 4.21. The monoisotopic (exact) mass is 415 g/mol. The number of rotatable bonds is 8. The predicted molar refractivity (Wildman–Crippen MR) is 108 cm³/mol. The molecule has 6 nitrogen and oxygen atoms in total. The second-order valence-electron chi connectivity index (χ2n) is 6.53. The minimum absolute atomic E-state index is 0.0984. The molecule has 1 heterocycles. The number of nitrogens with zero attached hydrogens (tertiary/aromatic N) is 1. The first-order valence-corrected chi connectivity index (χ1v) is 9.45. The van der Waals surface area contributed by atoms with Crippen molar-refractivity contribution in [3.8, 4) is 11.5 Å². The molecule has 0 aliphatic heterocycles. The molecule has 0 aliphatic carbocycles. The van der Waals surface area contributed by atoms with Crippen molar-refractivity contribution in [2.75, 3.05) is 7.11 Å². The summed E-state index contributed by atoms with van der Waals surface area (Å²) in [6, 6.07) is 12.5. The summed E-state index contributed by atoms with van der Waals surface area (Å²) in [7, 11) is 1.56. The topological polar surface area (TPSA) is 70.8 Å². The number of carbonyl (C=O) groups excluding carboxylic acids is 1. The van der Waals surface area contributed by atoms with Crippen molar-refractivity contribution in [1.29, 1.82) is 0 Å². The third-order valence-electron chi connectivity index (χ3n) is 4.47. The van der Waals surface area contributed by atoms with Gasteiger partial charge in [0.25, 0.3) is 0 Å². The van der Waals surface area contributed by atoms with E-state index in [0.29, 0.717) is 23.1 Å². The molecule has 0 fully saturated rings. The Kier molecular flexibility index (Phi) is 6.77. The van der Waals surface area contributed by atoms with Crippen LogP contribution in [0.25, 0.3) is 0 Å². The van der Waals surface area contributed by atoms with Crippen LogP contribution in [-0.4, -0.2) is 18.2 Å². The van der Waals surface area contributed by atoms with Crippen LogP contribution in [0.4, 0.5) is 0 Å². The second kappa shape index (κ2) is 9.47. The molecule has 0 unspecified atom stereocenters. The van der Waals surface area contributed by atoms with Gasteiger partial charge in [-0.1, -0.05) is 28.9 Å². The molecule has 152 valence electrons. The molecule has 0 radical (unpaired) electrons. The van der Waals surface area contributed by atoms with Crippen LogP contribution in [-0.2, 0) is 29.2 Å². The number of methoxy groups -OCH3 is 1. The summed E-state index contributed by atoms with van der Waals surface area (Å²) in [5.41, 5.74) is 3.31. The SMILES string of the molecule is COc1ccc(Cl)cc1COC(=O)Cc1ccc(OCc2c(C)noc2C)cc1. The Balaban J connectivity index is 1.51. The van der Waals surface area contributed by atoms with E-state index in [1.807, 2.05) is 38.1 Å². The van der Waals surface area contributed by atoms with Crippen molar-refractivity contribution in [2.24, 2.45) is 0 Å². The third kappa shape index (κ3) is 5.51. The summed E-state index contributed by atoms with van der Waals surface area (Å²) in [4.78, 5) is 12.2. The third-order valence-corrected chi connectivity index (χ3v) is 4.70. The fourth-order valence-corrected chi connectivity index (χ4v) is 3.00. The fraction of sp³-hybridized carbons (Fsp3) is 0.273. The quantitative estimate of drug-likeness (QED) is 0.491. The van der Waals surface area contributed by atoms with E-state index in [0.717, 1.165) is 28.1 Å². The zero-order valence-electron chi connectivity index (χ0n) is 16.5. The van der Waals surface area contributed by atoms with Crippen LogP contribution in [0.3, 0.4) is 0 Å². The first kappa shape index (κ1) is 20.7. The van der Waals surface area contributed by atoms with Crippen molar-refractivity contribution in [1.82, 2.24) is 5.16 Å². The summed E-state index contributed by atoms with van der Waals surface area (Å²) in [5.74, 6) is 1.74. The number of ether oxygens (including phenoxy) is 3. The Bertz CT molecular complexity index is 962. The van der Waals surface area contributed by atoms with Crippen molar-refractivity contribution >= 4 is 17.6 Å². The number of aryl methyl sites for hydroxylation is 2. The molecule has 0 saturated heterocycles. The smallest absolute Gasteiger partial charge is 0.310 e. The first-order valence-electron chi connectivity index (χ1n) is 9.07. The minimum atomic E-state index is -0.337. The molecule has 29 heavy (non-hydrogen) atoms. The van der Waals surface area contributed by atoms with Gasteiger partial charge in [0.2, 0.25) is 0 Å². The lowest BCUT2D eigenvalue weighted by atomic mass is 10.1. The molecule has 0 atom stereocenters. The molecule has 0 spiro atoms. The molecule has 0 bridgehead atoms. The van der Waals surface area contributed by atoms with Gasteiger partial charge in [0.05, 0.1) is 24.8 Å². The summed E-state index contributed by atoms with van der Waals surface area (Å²) in [5, 5.41) is 4.47. The van der Waals surface area contributed by atoms with Gasteiger partial charge in [0, 0.05) is 10.6 Å². The van der Waals surface area contributed by atoms with Crippen LogP contribution in [0.1, 0.15) is 28.1 Å². The molecule has 0 aliphatic rings. The van der Waals surface area contributed by atoms with E-state index in [9.17, 15) is 4.79 Å². The Labute approximate surface area is 174 Å². The van der Waals surface area contributed by atoms with Gasteiger partial charge in [0.1, 0.15) is 30.5 Å². The standard InChI is InChI=1S/C22H22ClNO5/c1-14-20(15(2)29-24-14)13-27-19-7-4-16(5-8-19)10-22(25)28-12-17-11-18(23)6-9-21(17)26-3/h4-9,11H,10,12-13H2,1-3H3. The van der Waals surface area contributed by atoms with E-state index in [1.165, 1.54) is 0 Å². The first-order chi connectivity index (χ1) is 14.0. The zero-order chi connectivity index (χ0) is 20.8. The van der Waals surface area contributed by atoms with Crippen LogP contribution >= 0.6 is 11.6 Å². The second-order valence-corrected chi connectivity index (χ2v) is 6.97. The Morgan fingerprint density at radius 2 is 1.86 bits per heavy atom. The number of hydrogen-bond acceptors (Lipinski definition) is 6. The van der Waals surface area contributed by atoms with Crippen molar-refractivity contribution < 1.29 is 23.5 Å². The van der Waals surface area contributed by atoms with E-state index in [-0.39, 0.29) is 19.0 Å². The number of aromatic nitrogens is 1. The molecule has 1 aromatic heterocycles. The predicted octanol–water partition coefficient (Wildman–Crippen LogP) is 4.82. The maximum absolute atomic E-state index is 12.2. The Hall–Kier alpha value is -2.99. The fourth-order valence-electron chi connectivity index (χ4n) is 2.80. The molecule has 3 aromatic rings. The van der Waals surface area contributed by atoms with E-state index in [1.54, 1.807) is 25.3 Å². The van der Waals surface area contributed by atoms with Crippen molar-refractivity contribution in [2.45, 2.75) is 33.5 Å². The molecule has 2 aromatic carbocycles. The largest absolute Gasteiger partial charge is 0.496 e. The number of carbonyl (C=O) groups is 1. The van der Waals surface area contributed by atoms with Crippen LogP contribution in [0.5, 0.6) is 11.5 Å². The van der Waals surface area contributed by atoms with Crippen LogP contribution in [0.15, 0.2) is 47.0 Å². The molecule has 0 saturated carbocycles. The number of hydrogen-bond donors (Lipinski definition) is 0. The highest BCUT2D eigenvalue weighted by molar-refractivity contribution is 6.30. The van der Waals surface area contributed by atoms with E-state index in [2.05, 4.69) is 5.16 Å². The van der Waals surface area contributed by atoms with Crippen LogP contribution < -0.4 is 9.47 Å². The summed E-state index contributed by atoms with van der Waals surface area (Å²) >= 11 is 5.99. The lowest BCUT2D eigenvalue weighted by Crippen LogP contribution is -2.08. The highest BCUT2D eigenvalue weighted by Gasteiger charge is 2.11. The van der Waals surface area contributed by atoms with E-state index in [4.69, 9.17) is 30.3 Å². The highest BCUT2D eigenvalue weighted by atomic mass is 35.5. The van der Waals surface area contributed by atoms with Gasteiger partial charge < -0.3 is 18.7 Å². The van der Waals surface area contributed by atoms with Gasteiger partial charge in [-0.25, -0.2) is 0 Å². The van der Waals surface area contributed by atoms with Gasteiger partial charge in [0.15, 0.2) is 0 Å². The molecular formula is C22H22ClNO5. The van der Waals surface area contributed by atoms with Crippen LogP contribution in [0.2, 0.25) is 5.02 Å². The average Bonchev–Trinajstić information content (AvgIpc) is 3.03. The number of esters is 1. The molecular weight excluding hydrogens is 394 g/mol. The lowest BCUT2D eigenvalue weighted by Gasteiger charge is -2.10. The molecule has 0 N–H and O–H groups in total. The van der Waals surface area contributed by atoms with Crippen molar-refractivity contribution in [3.05, 3.63) is 75.6 Å². The molecule has 3 rings (SSSR count). The molecule has 0 amide bonds. The van der Waals surface area contributed by atoms with Gasteiger partial charge in [-0.05, 0) is 49.7 Å². The van der Waals surface area contributed by atoms with Crippen LogP contribution in [0, 0.1) is 13.8 Å². The summed E-state index contributed by atoms with van der Waals surface area (Å²) in [6.07, 6.45) is 0.160. The van der Waals surface area contributed by atoms with Gasteiger partial charge in [-0.2, -0.15) is 0 Å². The van der Waals surface area contributed by atoms with Crippen molar-refractivity contribution in [3.63, 3.8) is 0 Å². The molecule has 7 heteroatoms. The highest BCUT2D eigenvalue weighted by Crippen LogP contribution is 2.23. The number of halogens is 1. The van der Waals surface area contributed by atoms with E-state index >= 15 is 0 Å². The normalized spacial score (nSPS) is 10.6. The minimum Gasteiger partial charge on any atom is -0.496 e. The summed E-state index contributed by atoms with van der Waals surface area (Å²) < 4.78 is 21.5. The Morgan fingerprint density at radius 1 is 1.10 bits per heavy atom. The average molecular weight is 416 g/mol. The zero-order valence-corrected chi connectivity index (χ0v) is 17.3.